The van der Waals surface area contributed by atoms with Crippen molar-refractivity contribution >= 4 is 13.3 Å². The number of hydrogen-bond donors (Lipinski definition) is 1. The van der Waals surface area contributed by atoms with Crippen LogP contribution >= 0.6 is 0 Å². The Morgan fingerprint density at radius 2 is 1.80 bits per heavy atom. The summed E-state index contributed by atoms with van der Waals surface area (Å²) in [7, 11) is -3.98. The Hall–Kier alpha value is -1.27. The van der Waals surface area contributed by atoms with E-state index in [2.05, 4.69) is 24.9 Å². The third-order valence-electron chi connectivity index (χ3n) is 1.33. The smallest absolute Gasteiger partial charge is 0.418 e. The van der Waals surface area contributed by atoms with Gasteiger partial charge in [0.2, 0.25) is 0 Å². The van der Waals surface area contributed by atoms with Crippen molar-refractivity contribution in [2.24, 2.45) is 7.05 Å². The summed E-state index contributed by atoms with van der Waals surface area (Å²) in [5, 5.41) is 0. The molecule has 0 amide bonds. The summed E-state index contributed by atoms with van der Waals surface area (Å²) >= 11 is 0. The van der Waals surface area contributed by atoms with Gasteiger partial charge in [-0.2, -0.15) is 0 Å². The van der Waals surface area contributed by atoms with Gasteiger partial charge in [-0.05, 0) is 13.8 Å². The van der Waals surface area contributed by atoms with Crippen LogP contribution in [0.4, 0.5) is 17.3 Å². The van der Waals surface area contributed by atoms with Crippen molar-refractivity contribution in [2.45, 2.75) is 13.8 Å². The third-order valence-corrected chi connectivity index (χ3v) is 1.33. The number of allylic oxidation sites excluding steroid dienone is 1. The van der Waals surface area contributed by atoms with E-state index in [0.717, 1.165) is 5.82 Å². The second kappa shape index (κ2) is 5.58. The number of nitrogens with zero attached hydrogens (tertiary/aromatic N) is 1. The fraction of sp³-hybridized carbons (Fsp3) is 0.375. The first-order valence-corrected chi connectivity index (χ1v) is 4.25. The Bertz CT molecular complexity index is 320. The molecule has 0 aliphatic carbocycles. The first kappa shape index (κ1) is 13.7. The summed E-state index contributed by atoms with van der Waals surface area (Å²) in [6.07, 6.45) is 6.03. The van der Waals surface area contributed by atoms with Gasteiger partial charge < -0.3 is 17.3 Å². The lowest BCUT2D eigenvalue weighted by Gasteiger charge is -1.94. The number of H-pyrrole nitrogens is 1. The van der Waals surface area contributed by atoms with Crippen molar-refractivity contribution in [3.8, 4) is 0 Å². The van der Waals surface area contributed by atoms with Gasteiger partial charge in [0.25, 0.3) is 5.82 Å². The van der Waals surface area contributed by atoms with Gasteiger partial charge in [0.1, 0.15) is 12.4 Å². The van der Waals surface area contributed by atoms with Crippen molar-refractivity contribution in [3.63, 3.8) is 0 Å². The Morgan fingerprint density at radius 1 is 1.33 bits per heavy atom. The molecule has 1 aromatic rings. The van der Waals surface area contributed by atoms with E-state index in [1.165, 1.54) is 5.57 Å². The molecule has 0 aliphatic heterocycles. The van der Waals surface area contributed by atoms with Gasteiger partial charge in [0.15, 0.2) is 0 Å². The van der Waals surface area contributed by atoms with Gasteiger partial charge >= 0.3 is 7.25 Å². The van der Waals surface area contributed by atoms with E-state index in [1.807, 2.05) is 24.0 Å². The normalized spacial score (nSPS) is 10.3. The Labute approximate surface area is 85.7 Å². The fourth-order valence-electron chi connectivity index (χ4n) is 0.833. The van der Waals surface area contributed by atoms with Crippen LogP contribution in [0, 0.1) is 0 Å². The molecule has 0 bridgehead atoms. The SMILES string of the molecule is CC(C)=Cc1[nH]cc[n+]1C.F[B-](F)(F)F. The zero-order chi connectivity index (χ0) is 12.1. The van der Waals surface area contributed by atoms with Gasteiger partial charge in [0, 0.05) is 6.08 Å². The number of aryl methyl sites for hydroxylation is 1. The van der Waals surface area contributed by atoms with Crippen LogP contribution in [0.1, 0.15) is 19.7 Å². The molecule has 1 aromatic heterocycles. The fourth-order valence-corrected chi connectivity index (χ4v) is 0.833. The number of imidazole rings is 1. The highest BCUT2D eigenvalue weighted by molar-refractivity contribution is 6.50. The Morgan fingerprint density at radius 3 is 2.07 bits per heavy atom. The number of halogens is 4. The molecule has 0 aliphatic rings. The second-order valence-electron chi connectivity index (χ2n) is 3.17. The van der Waals surface area contributed by atoms with Crippen LogP contribution in [0.2, 0.25) is 0 Å². The highest BCUT2D eigenvalue weighted by Crippen LogP contribution is 2.06. The average Bonchev–Trinajstić information content (AvgIpc) is 2.31. The minimum absolute atomic E-state index is 1.14. The maximum absolute atomic E-state index is 9.75. The maximum Gasteiger partial charge on any atom is 0.673 e. The van der Waals surface area contributed by atoms with Crippen LogP contribution in [0.5, 0.6) is 0 Å². The van der Waals surface area contributed by atoms with E-state index in [9.17, 15) is 17.3 Å². The van der Waals surface area contributed by atoms with E-state index in [1.54, 1.807) is 0 Å². The van der Waals surface area contributed by atoms with E-state index < -0.39 is 7.25 Å². The van der Waals surface area contributed by atoms with Crippen molar-refractivity contribution < 1.29 is 21.8 Å². The molecule has 1 N–H and O–H groups in total. The van der Waals surface area contributed by atoms with Crippen molar-refractivity contribution in [3.05, 3.63) is 23.8 Å². The number of aromatic amines is 1. The van der Waals surface area contributed by atoms with Gasteiger partial charge in [0.05, 0.1) is 7.05 Å². The molecule has 15 heavy (non-hydrogen) atoms. The Balaban J connectivity index is 0.000000336. The summed E-state index contributed by atoms with van der Waals surface area (Å²) in [4.78, 5) is 3.12. The quantitative estimate of drug-likeness (QED) is 0.429. The monoisotopic (exact) mass is 224 g/mol. The zero-order valence-electron chi connectivity index (χ0n) is 8.77. The minimum atomic E-state index is -6.00. The van der Waals surface area contributed by atoms with E-state index in [0.29, 0.717) is 0 Å². The lowest BCUT2D eigenvalue weighted by atomic mass is 10.3. The molecule has 1 heterocycles. The lowest BCUT2D eigenvalue weighted by Crippen LogP contribution is -2.28. The van der Waals surface area contributed by atoms with Gasteiger partial charge in [-0.3, -0.25) is 0 Å². The molecule has 0 unspecified atom stereocenters. The van der Waals surface area contributed by atoms with Crippen molar-refractivity contribution in [1.29, 1.82) is 0 Å². The lowest BCUT2D eigenvalue weighted by molar-refractivity contribution is -0.671. The van der Waals surface area contributed by atoms with Crippen LogP contribution in [0.25, 0.3) is 6.08 Å². The predicted molar refractivity (Wildman–Crippen MR) is 51.5 cm³/mol. The summed E-state index contributed by atoms with van der Waals surface area (Å²) in [5.41, 5.74) is 1.30. The largest absolute Gasteiger partial charge is 0.673 e. The standard InChI is InChI=1S/C8H12N2.BF4/c1-7(2)6-8-9-4-5-10(8)3;2-1(3,4)5/h4-6H,1-3H3;/q;-1/p+1. The summed E-state index contributed by atoms with van der Waals surface area (Å²) in [5.74, 6) is 1.14. The highest BCUT2D eigenvalue weighted by Gasteiger charge is 2.20. The van der Waals surface area contributed by atoms with E-state index in [4.69, 9.17) is 0 Å². The highest BCUT2D eigenvalue weighted by atomic mass is 19.5. The third kappa shape index (κ3) is 9.05. The molecule has 2 nitrogen and oxygen atoms in total. The molecular weight excluding hydrogens is 211 g/mol. The average molecular weight is 224 g/mol. The Kier molecular flexibility index (Phi) is 5.11. The van der Waals surface area contributed by atoms with Crippen LogP contribution in [0.15, 0.2) is 18.0 Å². The van der Waals surface area contributed by atoms with Crippen LogP contribution in [0.3, 0.4) is 0 Å². The van der Waals surface area contributed by atoms with Gasteiger partial charge in [-0.15, -0.1) is 0 Å². The van der Waals surface area contributed by atoms with Gasteiger partial charge in [-0.1, -0.05) is 5.57 Å². The first-order valence-electron chi connectivity index (χ1n) is 4.25. The molecule has 0 spiro atoms. The molecule has 0 aromatic carbocycles. The van der Waals surface area contributed by atoms with Crippen molar-refractivity contribution in [2.75, 3.05) is 0 Å². The van der Waals surface area contributed by atoms with E-state index >= 15 is 0 Å². The van der Waals surface area contributed by atoms with Crippen LogP contribution in [-0.4, -0.2) is 12.2 Å². The van der Waals surface area contributed by atoms with Crippen LogP contribution in [-0.2, 0) is 7.05 Å². The molecular formula is C8H13BF4N2. The number of aromatic nitrogens is 2. The maximum atomic E-state index is 9.75. The minimum Gasteiger partial charge on any atom is -0.418 e. The summed E-state index contributed by atoms with van der Waals surface area (Å²) in [6.45, 7) is 4.17. The molecule has 0 fully saturated rings. The van der Waals surface area contributed by atoms with Crippen LogP contribution < -0.4 is 4.57 Å². The molecule has 0 atom stereocenters. The molecule has 7 heteroatoms. The second-order valence-corrected chi connectivity index (χ2v) is 3.17. The molecule has 1 rings (SSSR count). The molecule has 0 radical (unpaired) electrons. The number of nitrogens with one attached hydrogen (secondary N) is 1. The molecule has 0 saturated carbocycles. The van der Waals surface area contributed by atoms with E-state index in [-0.39, 0.29) is 0 Å². The molecule has 86 valence electrons. The molecule has 0 saturated heterocycles. The topological polar surface area (TPSA) is 19.7 Å². The van der Waals surface area contributed by atoms with Crippen molar-refractivity contribution in [1.82, 2.24) is 4.98 Å². The number of hydrogen-bond acceptors (Lipinski definition) is 0. The first-order chi connectivity index (χ1) is 6.70. The summed E-state index contributed by atoms with van der Waals surface area (Å²) < 4.78 is 41.0. The van der Waals surface area contributed by atoms with Gasteiger partial charge in [-0.25, -0.2) is 9.55 Å². The zero-order valence-corrected chi connectivity index (χ0v) is 8.77. The number of rotatable bonds is 1. The summed E-state index contributed by atoms with van der Waals surface area (Å²) in [6, 6.07) is 0. The predicted octanol–water partition coefficient (Wildman–Crippen LogP) is 2.56.